The summed E-state index contributed by atoms with van der Waals surface area (Å²) in [5, 5.41) is 9.49. The monoisotopic (exact) mass is 272 g/mol. The zero-order chi connectivity index (χ0) is 11.4. The molecule has 0 saturated heterocycles. The normalized spacial score (nSPS) is 10.1. The lowest BCUT2D eigenvalue weighted by Gasteiger charge is -2.11. The van der Waals surface area contributed by atoms with Crippen LogP contribution in [0.15, 0.2) is 12.1 Å². The van der Waals surface area contributed by atoms with Gasteiger partial charge in [0.15, 0.2) is 0 Å². The van der Waals surface area contributed by atoms with Gasteiger partial charge in [-0.25, -0.2) is 0 Å². The van der Waals surface area contributed by atoms with Crippen molar-refractivity contribution in [3.05, 3.63) is 28.8 Å². The molecule has 1 rings (SSSR count). The molecule has 0 unspecified atom stereocenters. The number of halogens is 1. The first kappa shape index (κ1) is 12.0. The van der Waals surface area contributed by atoms with Gasteiger partial charge in [-0.2, -0.15) is 0 Å². The van der Waals surface area contributed by atoms with Crippen molar-refractivity contribution in [2.75, 3.05) is 7.11 Å². The average molecular weight is 273 g/mol. The van der Waals surface area contributed by atoms with Gasteiger partial charge in [0.1, 0.15) is 5.75 Å². The van der Waals surface area contributed by atoms with E-state index in [1.807, 2.05) is 19.1 Å². The number of rotatable bonds is 4. The average Bonchev–Trinajstić information content (AvgIpc) is 2.16. The van der Waals surface area contributed by atoms with Gasteiger partial charge in [0.25, 0.3) is 0 Å². The molecule has 0 saturated carbocycles. The molecule has 0 heterocycles. The molecule has 0 atom stereocenters. The first-order valence-corrected chi connectivity index (χ1v) is 5.64. The highest BCUT2D eigenvalue weighted by Crippen LogP contribution is 2.26. The molecule has 3 nitrogen and oxygen atoms in total. The molecule has 15 heavy (non-hydrogen) atoms. The minimum Gasteiger partial charge on any atom is -0.496 e. The summed E-state index contributed by atoms with van der Waals surface area (Å²) < 4.78 is 5.20. The zero-order valence-electron chi connectivity index (χ0n) is 8.71. The number of carboxylic acids is 1. The van der Waals surface area contributed by atoms with Gasteiger partial charge in [-0.1, -0.05) is 28.1 Å². The van der Waals surface area contributed by atoms with E-state index in [0.717, 1.165) is 16.7 Å². The van der Waals surface area contributed by atoms with Gasteiger partial charge in [0.2, 0.25) is 0 Å². The number of carbonyl (C=O) groups is 1. The van der Waals surface area contributed by atoms with E-state index in [0.29, 0.717) is 11.1 Å². The van der Waals surface area contributed by atoms with Crippen molar-refractivity contribution < 1.29 is 14.6 Å². The lowest BCUT2D eigenvalue weighted by atomic mass is 10.0. The van der Waals surface area contributed by atoms with E-state index in [1.54, 1.807) is 7.11 Å². The SMILES string of the molecule is COc1c(C)cc(CBr)cc1CC(=O)O. The fourth-order valence-corrected chi connectivity index (χ4v) is 1.92. The summed E-state index contributed by atoms with van der Waals surface area (Å²) in [5.74, 6) is -0.179. The zero-order valence-corrected chi connectivity index (χ0v) is 10.3. The number of methoxy groups -OCH3 is 1. The van der Waals surface area contributed by atoms with Gasteiger partial charge in [0.05, 0.1) is 13.5 Å². The molecule has 0 fully saturated rings. The Kier molecular flexibility index (Phi) is 4.15. The number of alkyl halides is 1. The molecule has 1 aromatic carbocycles. The minimum atomic E-state index is -0.848. The number of carboxylic acid groups (broad SMARTS) is 1. The Balaban J connectivity index is 3.19. The first-order valence-electron chi connectivity index (χ1n) is 4.52. The van der Waals surface area contributed by atoms with E-state index >= 15 is 0 Å². The van der Waals surface area contributed by atoms with Crippen molar-refractivity contribution in [2.24, 2.45) is 0 Å². The summed E-state index contributed by atoms with van der Waals surface area (Å²) in [6.45, 7) is 1.91. The van der Waals surface area contributed by atoms with Crippen LogP contribution >= 0.6 is 15.9 Å². The summed E-state index contributed by atoms with van der Waals surface area (Å²) in [7, 11) is 1.56. The van der Waals surface area contributed by atoms with E-state index in [4.69, 9.17) is 9.84 Å². The molecule has 1 N–H and O–H groups in total. The van der Waals surface area contributed by atoms with Gasteiger partial charge in [-0.3, -0.25) is 4.79 Å². The summed E-state index contributed by atoms with van der Waals surface area (Å²) in [5.41, 5.74) is 2.75. The molecule has 0 aromatic heterocycles. The largest absolute Gasteiger partial charge is 0.496 e. The Labute approximate surface area is 97.2 Å². The van der Waals surface area contributed by atoms with E-state index < -0.39 is 5.97 Å². The molecular weight excluding hydrogens is 260 g/mol. The van der Waals surface area contributed by atoms with Crippen LogP contribution in [0, 0.1) is 6.92 Å². The van der Waals surface area contributed by atoms with Crippen LogP contribution in [-0.4, -0.2) is 18.2 Å². The maximum absolute atomic E-state index is 10.7. The highest BCUT2D eigenvalue weighted by atomic mass is 79.9. The molecule has 0 bridgehead atoms. The lowest BCUT2D eigenvalue weighted by Crippen LogP contribution is -2.04. The van der Waals surface area contributed by atoms with Crippen LogP contribution in [0.4, 0.5) is 0 Å². The summed E-state index contributed by atoms with van der Waals surface area (Å²) in [4.78, 5) is 10.7. The Morgan fingerprint density at radius 1 is 1.53 bits per heavy atom. The first-order chi connectivity index (χ1) is 7.08. The van der Waals surface area contributed by atoms with Gasteiger partial charge >= 0.3 is 5.97 Å². The highest BCUT2D eigenvalue weighted by Gasteiger charge is 2.11. The Bertz CT molecular complexity index is 374. The minimum absolute atomic E-state index is 0.00907. The number of hydrogen-bond donors (Lipinski definition) is 1. The van der Waals surface area contributed by atoms with E-state index in [1.165, 1.54) is 0 Å². The molecule has 1 aromatic rings. The predicted octanol–water partition coefficient (Wildman–Crippen LogP) is 2.53. The van der Waals surface area contributed by atoms with Crippen LogP contribution in [0.1, 0.15) is 16.7 Å². The van der Waals surface area contributed by atoms with Crippen LogP contribution in [0.3, 0.4) is 0 Å². The smallest absolute Gasteiger partial charge is 0.307 e. The van der Waals surface area contributed by atoms with Crippen molar-refractivity contribution in [1.82, 2.24) is 0 Å². The second kappa shape index (κ2) is 5.16. The molecule has 4 heteroatoms. The third-order valence-electron chi connectivity index (χ3n) is 2.11. The molecule has 0 radical (unpaired) electrons. The second-order valence-corrected chi connectivity index (χ2v) is 3.87. The molecule has 0 aliphatic carbocycles. The van der Waals surface area contributed by atoms with Crippen LogP contribution < -0.4 is 4.74 Å². The Hall–Kier alpha value is -1.03. The number of aryl methyl sites for hydroxylation is 1. The van der Waals surface area contributed by atoms with Crippen molar-refractivity contribution in [1.29, 1.82) is 0 Å². The molecule has 82 valence electrons. The van der Waals surface area contributed by atoms with Crippen LogP contribution in [0.5, 0.6) is 5.75 Å². The topological polar surface area (TPSA) is 46.5 Å². The molecule has 0 amide bonds. The van der Waals surface area contributed by atoms with E-state index in [-0.39, 0.29) is 6.42 Å². The molecular formula is C11H13BrO3. The molecule has 0 spiro atoms. The van der Waals surface area contributed by atoms with Crippen molar-refractivity contribution in [3.63, 3.8) is 0 Å². The van der Waals surface area contributed by atoms with E-state index in [2.05, 4.69) is 15.9 Å². The maximum atomic E-state index is 10.7. The van der Waals surface area contributed by atoms with Crippen molar-refractivity contribution in [3.8, 4) is 5.75 Å². The van der Waals surface area contributed by atoms with Gasteiger partial charge in [-0.05, 0) is 18.1 Å². The van der Waals surface area contributed by atoms with Crippen LogP contribution in [0.25, 0.3) is 0 Å². The third-order valence-corrected chi connectivity index (χ3v) is 2.76. The quantitative estimate of drug-likeness (QED) is 0.857. The van der Waals surface area contributed by atoms with E-state index in [9.17, 15) is 4.79 Å². The molecule has 0 aliphatic heterocycles. The second-order valence-electron chi connectivity index (χ2n) is 3.31. The number of benzene rings is 1. The third kappa shape index (κ3) is 2.96. The lowest BCUT2D eigenvalue weighted by molar-refractivity contribution is -0.136. The predicted molar refractivity (Wildman–Crippen MR) is 61.7 cm³/mol. The van der Waals surface area contributed by atoms with Gasteiger partial charge in [0, 0.05) is 10.9 Å². The van der Waals surface area contributed by atoms with Crippen molar-refractivity contribution >= 4 is 21.9 Å². The summed E-state index contributed by atoms with van der Waals surface area (Å²) >= 11 is 3.35. The Morgan fingerprint density at radius 2 is 2.20 bits per heavy atom. The van der Waals surface area contributed by atoms with Crippen LogP contribution in [-0.2, 0) is 16.5 Å². The van der Waals surface area contributed by atoms with Gasteiger partial charge in [-0.15, -0.1) is 0 Å². The number of aliphatic carboxylic acids is 1. The standard InChI is InChI=1S/C11H13BrO3/c1-7-3-8(6-12)4-9(5-10(13)14)11(7)15-2/h3-4H,5-6H2,1-2H3,(H,13,14). The fourth-order valence-electron chi connectivity index (χ4n) is 1.59. The summed E-state index contributed by atoms with van der Waals surface area (Å²) in [6, 6.07) is 3.84. The maximum Gasteiger partial charge on any atom is 0.307 e. The number of ether oxygens (including phenoxy) is 1. The summed E-state index contributed by atoms with van der Waals surface area (Å²) in [6.07, 6.45) is -0.00907. The van der Waals surface area contributed by atoms with Gasteiger partial charge < -0.3 is 9.84 Å². The Morgan fingerprint density at radius 3 is 2.67 bits per heavy atom. The van der Waals surface area contributed by atoms with Crippen LogP contribution in [0.2, 0.25) is 0 Å². The fraction of sp³-hybridized carbons (Fsp3) is 0.364. The molecule has 0 aliphatic rings. The highest BCUT2D eigenvalue weighted by molar-refractivity contribution is 9.08. The van der Waals surface area contributed by atoms with Crippen molar-refractivity contribution in [2.45, 2.75) is 18.7 Å². The number of hydrogen-bond acceptors (Lipinski definition) is 2.